The molecule has 0 radical (unpaired) electrons. The predicted molar refractivity (Wildman–Crippen MR) is 97.1 cm³/mol. The molecule has 0 aliphatic heterocycles. The Morgan fingerprint density at radius 2 is 1.83 bits per heavy atom. The van der Waals surface area contributed by atoms with Crippen molar-refractivity contribution < 1.29 is 9.63 Å². The molecule has 0 heterocycles. The average molecular weight is 321 g/mol. The van der Waals surface area contributed by atoms with Crippen LogP contribution in [0.4, 0.5) is 0 Å². The normalized spacial score (nSPS) is 13.4. The minimum absolute atomic E-state index is 0.291. The van der Waals surface area contributed by atoms with Crippen molar-refractivity contribution in [2.75, 3.05) is 0 Å². The topological polar surface area (TPSA) is 38.7 Å². The Labute approximate surface area is 143 Å². The Hall–Kier alpha value is -2.42. The monoisotopic (exact) mass is 321 g/mol. The molecule has 0 amide bonds. The van der Waals surface area contributed by atoms with Crippen LogP contribution in [0.25, 0.3) is 11.1 Å². The van der Waals surface area contributed by atoms with Crippen molar-refractivity contribution in [1.82, 2.24) is 0 Å². The highest BCUT2D eigenvalue weighted by atomic mass is 16.7. The van der Waals surface area contributed by atoms with Gasteiger partial charge in [-0.15, -0.1) is 0 Å². The van der Waals surface area contributed by atoms with E-state index < -0.39 is 5.41 Å². The molecule has 2 aromatic carbocycles. The van der Waals surface area contributed by atoms with E-state index in [0.29, 0.717) is 0 Å². The molecule has 2 aromatic rings. The van der Waals surface area contributed by atoms with Gasteiger partial charge in [-0.25, -0.2) is 4.79 Å². The van der Waals surface area contributed by atoms with E-state index in [1.165, 1.54) is 22.3 Å². The molecule has 3 rings (SSSR count). The van der Waals surface area contributed by atoms with Gasteiger partial charge in [-0.05, 0) is 55.9 Å². The number of rotatable bonds is 4. The first kappa shape index (κ1) is 16.4. The predicted octanol–water partition coefficient (Wildman–Crippen LogP) is 4.96. The van der Waals surface area contributed by atoms with Gasteiger partial charge in [-0.2, -0.15) is 0 Å². The second kappa shape index (κ2) is 6.23. The minimum Gasteiger partial charge on any atom is -0.317 e. The Bertz CT molecular complexity index is 818. The average Bonchev–Trinajstić information content (AvgIpc) is 2.97. The summed E-state index contributed by atoms with van der Waals surface area (Å²) < 4.78 is 0. The molecule has 1 aliphatic carbocycles. The fourth-order valence-corrected chi connectivity index (χ4v) is 2.92. The first-order valence-electron chi connectivity index (χ1n) is 8.40. The number of nitrogens with zero attached hydrogens (tertiary/aromatic N) is 1. The molecule has 0 saturated carbocycles. The van der Waals surface area contributed by atoms with E-state index in [9.17, 15) is 4.79 Å². The first-order chi connectivity index (χ1) is 11.4. The van der Waals surface area contributed by atoms with Crippen LogP contribution >= 0.6 is 0 Å². The number of hydrogen-bond acceptors (Lipinski definition) is 3. The summed E-state index contributed by atoms with van der Waals surface area (Å²) in [6, 6.07) is 14.7. The van der Waals surface area contributed by atoms with Crippen molar-refractivity contribution in [3.05, 3.63) is 59.2 Å². The lowest BCUT2D eigenvalue weighted by Crippen LogP contribution is -2.24. The molecule has 3 heteroatoms. The standard InChI is InChI=1S/C21H23NO2/c1-5-21(3,4)20(23)24-22-14(2)16-11-8-12-18-17-10-7-6-9-15(17)13-19(16)18/h6-12H,5,13H2,1-4H3/b22-14-. The SMILES string of the molecule is CCC(C)(C)C(=O)O/N=C(/C)c1cccc2c1Cc1ccccc1-2. The number of hydrogen-bond donors (Lipinski definition) is 0. The van der Waals surface area contributed by atoms with E-state index >= 15 is 0 Å². The highest BCUT2D eigenvalue weighted by molar-refractivity contribution is 6.02. The van der Waals surface area contributed by atoms with E-state index in [1.54, 1.807) is 0 Å². The van der Waals surface area contributed by atoms with Crippen LogP contribution in [0.15, 0.2) is 47.6 Å². The van der Waals surface area contributed by atoms with Gasteiger partial charge in [0, 0.05) is 5.56 Å². The van der Waals surface area contributed by atoms with Crippen LogP contribution < -0.4 is 0 Å². The molecule has 0 unspecified atom stereocenters. The highest BCUT2D eigenvalue weighted by Gasteiger charge is 2.28. The smallest absolute Gasteiger partial charge is 0.317 e. The molecule has 1 aliphatic rings. The Kier molecular flexibility index (Phi) is 4.27. The molecule has 24 heavy (non-hydrogen) atoms. The van der Waals surface area contributed by atoms with Crippen molar-refractivity contribution >= 4 is 11.7 Å². The van der Waals surface area contributed by atoms with Crippen molar-refractivity contribution in [3.63, 3.8) is 0 Å². The van der Waals surface area contributed by atoms with Crippen LogP contribution in [-0.4, -0.2) is 11.7 Å². The molecule has 0 atom stereocenters. The van der Waals surface area contributed by atoms with Crippen LogP contribution in [0.3, 0.4) is 0 Å². The molecule has 0 aromatic heterocycles. The summed E-state index contributed by atoms with van der Waals surface area (Å²) in [4.78, 5) is 17.3. The third-order valence-electron chi connectivity index (χ3n) is 4.94. The molecule has 124 valence electrons. The van der Waals surface area contributed by atoms with E-state index in [2.05, 4.69) is 35.5 Å². The summed E-state index contributed by atoms with van der Waals surface area (Å²) in [6.07, 6.45) is 1.61. The summed E-state index contributed by atoms with van der Waals surface area (Å²) >= 11 is 0. The van der Waals surface area contributed by atoms with E-state index in [4.69, 9.17) is 4.84 Å². The fourth-order valence-electron chi connectivity index (χ4n) is 2.92. The lowest BCUT2D eigenvalue weighted by molar-refractivity contribution is -0.154. The highest BCUT2D eigenvalue weighted by Crippen LogP contribution is 2.38. The van der Waals surface area contributed by atoms with Gasteiger partial charge in [0.15, 0.2) is 0 Å². The second-order valence-electron chi connectivity index (χ2n) is 6.96. The molecular formula is C21H23NO2. The number of carbonyl (C=O) groups excluding carboxylic acids is 1. The number of fused-ring (bicyclic) bond motifs is 3. The maximum absolute atomic E-state index is 12.1. The van der Waals surface area contributed by atoms with Gasteiger partial charge in [0.1, 0.15) is 0 Å². The van der Waals surface area contributed by atoms with Crippen LogP contribution in [0.1, 0.15) is 50.8 Å². The van der Waals surface area contributed by atoms with Crippen LogP contribution in [0, 0.1) is 5.41 Å². The molecule has 0 spiro atoms. The largest absolute Gasteiger partial charge is 0.340 e. The van der Waals surface area contributed by atoms with Gasteiger partial charge >= 0.3 is 5.97 Å². The molecule has 0 saturated heterocycles. The zero-order valence-electron chi connectivity index (χ0n) is 14.7. The van der Waals surface area contributed by atoms with Crippen molar-refractivity contribution in [2.24, 2.45) is 10.6 Å². The second-order valence-corrected chi connectivity index (χ2v) is 6.96. The van der Waals surface area contributed by atoms with Gasteiger partial charge in [-0.3, -0.25) is 0 Å². The van der Waals surface area contributed by atoms with Crippen LogP contribution in [-0.2, 0) is 16.1 Å². The Morgan fingerprint density at radius 3 is 2.58 bits per heavy atom. The van der Waals surface area contributed by atoms with Crippen molar-refractivity contribution in [1.29, 1.82) is 0 Å². The van der Waals surface area contributed by atoms with Gasteiger partial charge in [0.25, 0.3) is 0 Å². The fraction of sp³-hybridized carbons (Fsp3) is 0.333. The molecule has 3 nitrogen and oxygen atoms in total. The maximum atomic E-state index is 12.1. The Morgan fingerprint density at radius 1 is 1.12 bits per heavy atom. The lowest BCUT2D eigenvalue weighted by Gasteiger charge is -2.17. The van der Waals surface area contributed by atoms with E-state index in [-0.39, 0.29) is 5.97 Å². The van der Waals surface area contributed by atoms with Crippen molar-refractivity contribution in [2.45, 2.75) is 40.5 Å². The lowest BCUT2D eigenvalue weighted by atomic mass is 9.91. The van der Waals surface area contributed by atoms with Crippen LogP contribution in [0.5, 0.6) is 0 Å². The zero-order valence-corrected chi connectivity index (χ0v) is 14.7. The van der Waals surface area contributed by atoms with E-state index in [0.717, 1.165) is 24.1 Å². The molecule has 0 N–H and O–H groups in total. The summed E-state index contributed by atoms with van der Waals surface area (Å²) in [5.41, 5.74) is 6.39. The summed E-state index contributed by atoms with van der Waals surface area (Å²) in [7, 11) is 0. The molecule has 0 fully saturated rings. The minimum atomic E-state index is -0.515. The number of benzene rings is 2. The summed E-state index contributed by atoms with van der Waals surface area (Å²) in [5, 5.41) is 4.12. The number of carbonyl (C=O) groups is 1. The summed E-state index contributed by atoms with van der Waals surface area (Å²) in [5.74, 6) is -0.291. The van der Waals surface area contributed by atoms with Crippen LogP contribution in [0.2, 0.25) is 0 Å². The summed E-state index contributed by atoms with van der Waals surface area (Å²) in [6.45, 7) is 7.61. The van der Waals surface area contributed by atoms with Gasteiger partial charge in [0.05, 0.1) is 11.1 Å². The van der Waals surface area contributed by atoms with E-state index in [1.807, 2.05) is 39.8 Å². The van der Waals surface area contributed by atoms with Gasteiger partial charge in [-0.1, -0.05) is 54.5 Å². The number of oxime groups is 1. The molecule has 0 bridgehead atoms. The Balaban J connectivity index is 1.89. The molecular weight excluding hydrogens is 298 g/mol. The van der Waals surface area contributed by atoms with Gasteiger partial charge in [0.2, 0.25) is 0 Å². The third-order valence-corrected chi connectivity index (χ3v) is 4.94. The van der Waals surface area contributed by atoms with Gasteiger partial charge < -0.3 is 4.84 Å². The zero-order chi connectivity index (χ0) is 17.3. The first-order valence-corrected chi connectivity index (χ1v) is 8.40. The quantitative estimate of drug-likeness (QED) is 0.387. The maximum Gasteiger partial charge on any atom is 0.340 e. The third kappa shape index (κ3) is 2.86. The van der Waals surface area contributed by atoms with Crippen molar-refractivity contribution in [3.8, 4) is 11.1 Å².